The lowest BCUT2D eigenvalue weighted by molar-refractivity contribution is -0.134. The Morgan fingerprint density at radius 3 is 2.38 bits per heavy atom. The maximum Gasteiger partial charge on any atom is 0.300 e. The molecule has 9 heteroatoms. The number of amides is 1. The summed E-state index contributed by atoms with van der Waals surface area (Å²) in [5, 5.41) is 15.5. The van der Waals surface area contributed by atoms with Gasteiger partial charge in [-0.3, -0.25) is 14.9 Å². The van der Waals surface area contributed by atoms with Crippen molar-refractivity contribution >= 4 is 47.2 Å². The molecule has 1 heterocycles. The van der Waals surface area contributed by atoms with E-state index in [0.29, 0.717) is 27.3 Å². The molecule has 0 aliphatic carbocycles. The van der Waals surface area contributed by atoms with Crippen LogP contribution in [0.5, 0.6) is 0 Å². The lowest BCUT2D eigenvalue weighted by atomic mass is 10.2. The molecule has 0 spiro atoms. The summed E-state index contributed by atoms with van der Waals surface area (Å²) >= 11 is 12.2. The Morgan fingerprint density at radius 2 is 1.79 bits per heavy atom. The van der Waals surface area contributed by atoms with Gasteiger partial charge in [0.25, 0.3) is 5.97 Å². The van der Waals surface area contributed by atoms with E-state index in [4.69, 9.17) is 33.1 Å². The summed E-state index contributed by atoms with van der Waals surface area (Å²) in [6.45, 7) is 2.49. The van der Waals surface area contributed by atoms with Crippen molar-refractivity contribution in [3.8, 4) is 11.3 Å². The summed E-state index contributed by atoms with van der Waals surface area (Å²) < 4.78 is 1.49. The van der Waals surface area contributed by atoms with Gasteiger partial charge in [-0.2, -0.15) is 5.10 Å². The van der Waals surface area contributed by atoms with Crippen molar-refractivity contribution in [2.45, 2.75) is 13.8 Å². The standard InChI is InChI=1S/C18H14Cl2N4O.C2H4O2/c1-12(25)22-18-23-17(15-8-7-14(19)9-16(15)20)11-24(18)21-10-13-5-3-2-4-6-13;1-2(3)4/h2-11H,1H3,(H,22,23,25);1H3,(H,3,4). The number of hydrogen-bond donors (Lipinski definition) is 2. The first kappa shape index (κ1) is 22.1. The van der Waals surface area contributed by atoms with Crippen LogP contribution in [0.25, 0.3) is 11.3 Å². The van der Waals surface area contributed by atoms with Crippen LogP contribution >= 0.6 is 23.2 Å². The number of aliphatic carboxylic acids is 1. The molecule has 29 heavy (non-hydrogen) atoms. The van der Waals surface area contributed by atoms with E-state index in [9.17, 15) is 4.79 Å². The number of nitrogens with zero attached hydrogens (tertiary/aromatic N) is 3. The minimum Gasteiger partial charge on any atom is -0.481 e. The van der Waals surface area contributed by atoms with E-state index in [1.165, 1.54) is 11.6 Å². The first-order valence-electron chi connectivity index (χ1n) is 8.37. The van der Waals surface area contributed by atoms with Crippen molar-refractivity contribution in [2.75, 3.05) is 5.32 Å². The van der Waals surface area contributed by atoms with Gasteiger partial charge in [0, 0.05) is 24.4 Å². The number of imidazole rings is 1. The molecular formula is C20H18Cl2N4O3. The van der Waals surface area contributed by atoms with Gasteiger partial charge in [0.05, 0.1) is 23.1 Å². The van der Waals surface area contributed by atoms with Crippen LogP contribution in [0.2, 0.25) is 10.0 Å². The molecule has 7 nitrogen and oxygen atoms in total. The van der Waals surface area contributed by atoms with E-state index in [1.54, 1.807) is 30.6 Å². The van der Waals surface area contributed by atoms with E-state index >= 15 is 0 Å². The van der Waals surface area contributed by atoms with Gasteiger partial charge in [-0.1, -0.05) is 53.5 Å². The fourth-order valence-electron chi connectivity index (χ4n) is 2.20. The molecule has 0 unspecified atom stereocenters. The van der Waals surface area contributed by atoms with Crippen LogP contribution in [0.3, 0.4) is 0 Å². The second-order valence-electron chi connectivity index (χ2n) is 5.77. The number of carboxylic acids is 1. The highest BCUT2D eigenvalue weighted by atomic mass is 35.5. The quantitative estimate of drug-likeness (QED) is 0.579. The van der Waals surface area contributed by atoms with Crippen LogP contribution in [-0.4, -0.2) is 32.9 Å². The number of benzene rings is 2. The first-order valence-corrected chi connectivity index (χ1v) is 9.13. The Hall–Kier alpha value is -3.16. The van der Waals surface area contributed by atoms with Crippen LogP contribution in [0.15, 0.2) is 59.8 Å². The second-order valence-corrected chi connectivity index (χ2v) is 6.62. The summed E-state index contributed by atoms with van der Waals surface area (Å²) in [6.07, 6.45) is 3.38. The average Bonchev–Trinajstić information content (AvgIpc) is 3.02. The highest BCUT2D eigenvalue weighted by molar-refractivity contribution is 6.36. The van der Waals surface area contributed by atoms with Crippen molar-refractivity contribution < 1.29 is 14.7 Å². The molecule has 3 aromatic rings. The number of aromatic nitrogens is 2. The number of anilines is 1. The molecule has 2 N–H and O–H groups in total. The zero-order valence-corrected chi connectivity index (χ0v) is 17.1. The van der Waals surface area contributed by atoms with Crippen molar-refractivity contribution in [3.63, 3.8) is 0 Å². The minimum absolute atomic E-state index is 0.240. The highest BCUT2D eigenvalue weighted by Crippen LogP contribution is 2.30. The van der Waals surface area contributed by atoms with Gasteiger partial charge >= 0.3 is 0 Å². The zero-order chi connectivity index (χ0) is 21.4. The number of hydrogen-bond acceptors (Lipinski definition) is 4. The summed E-state index contributed by atoms with van der Waals surface area (Å²) in [5.41, 5.74) is 2.21. The SMILES string of the molecule is CC(=O)Nc1nc(-c2ccc(Cl)cc2Cl)cn1N=Cc1ccccc1.CC(=O)O. The van der Waals surface area contributed by atoms with E-state index in [1.807, 2.05) is 30.3 Å². The minimum atomic E-state index is -0.833. The fourth-order valence-corrected chi connectivity index (χ4v) is 2.70. The Morgan fingerprint density at radius 1 is 1.14 bits per heavy atom. The summed E-state index contributed by atoms with van der Waals surface area (Å²) in [7, 11) is 0. The van der Waals surface area contributed by atoms with Gasteiger partial charge in [-0.15, -0.1) is 0 Å². The molecule has 1 amide bonds. The van der Waals surface area contributed by atoms with Crippen LogP contribution in [-0.2, 0) is 9.59 Å². The van der Waals surface area contributed by atoms with Crippen LogP contribution in [0.4, 0.5) is 5.95 Å². The van der Waals surface area contributed by atoms with Crippen LogP contribution in [0.1, 0.15) is 19.4 Å². The van der Waals surface area contributed by atoms with Crippen LogP contribution in [0, 0.1) is 0 Å². The molecular weight excluding hydrogens is 415 g/mol. The summed E-state index contributed by atoms with van der Waals surface area (Å²) in [5.74, 6) is -0.767. The Balaban J connectivity index is 0.000000687. The predicted molar refractivity (Wildman–Crippen MR) is 115 cm³/mol. The third-order valence-corrected chi connectivity index (χ3v) is 3.86. The molecule has 0 aliphatic heterocycles. The molecule has 0 saturated carbocycles. The number of carbonyl (C=O) groups is 2. The van der Waals surface area contributed by atoms with E-state index in [0.717, 1.165) is 12.5 Å². The molecule has 3 rings (SSSR count). The monoisotopic (exact) mass is 432 g/mol. The normalized spacial score (nSPS) is 10.3. The molecule has 0 bridgehead atoms. The topological polar surface area (TPSA) is 96.6 Å². The predicted octanol–water partition coefficient (Wildman–Crippen LogP) is 4.79. The third kappa shape index (κ3) is 7.06. The largest absolute Gasteiger partial charge is 0.481 e. The molecule has 0 atom stereocenters. The lowest BCUT2D eigenvalue weighted by Crippen LogP contribution is -2.10. The van der Waals surface area contributed by atoms with Crippen molar-refractivity contribution in [1.82, 2.24) is 9.66 Å². The smallest absolute Gasteiger partial charge is 0.300 e. The summed E-state index contributed by atoms with van der Waals surface area (Å²) in [6, 6.07) is 14.8. The van der Waals surface area contributed by atoms with Gasteiger partial charge in [0.15, 0.2) is 0 Å². The van der Waals surface area contributed by atoms with Gasteiger partial charge in [0.2, 0.25) is 11.9 Å². The Labute approximate surface area is 177 Å². The van der Waals surface area contributed by atoms with Crippen molar-refractivity contribution in [2.24, 2.45) is 5.10 Å². The molecule has 0 fully saturated rings. The zero-order valence-electron chi connectivity index (χ0n) is 15.6. The van der Waals surface area contributed by atoms with Gasteiger partial charge < -0.3 is 5.11 Å². The first-order chi connectivity index (χ1) is 13.8. The van der Waals surface area contributed by atoms with E-state index in [-0.39, 0.29) is 5.91 Å². The van der Waals surface area contributed by atoms with Gasteiger partial charge in [-0.25, -0.2) is 9.66 Å². The molecule has 150 valence electrons. The number of carbonyl (C=O) groups excluding carboxylic acids is 1. The highest BCUT2D eigenvalue weighted by Gasteiger charge is 2.13. The number of nitrogens with one attached hydrogen (secondary N) is 1. The van der Waals surface area contributed by atoms with Gasteiger partial charge in [0.1, 0.15) is 0 Å². The molecule has 0 radical (unpaired) electrons. The fraction of sp³-hybridized carbons (Fsp3) is 0.100. The van der Waals surface area contributed by atoms with Crippen molar-refractivity contribution in [1.29, 1.82) is 0 Å². The maximum absolute atomic E-state index is 11.4. The summed E-state index contributed by atoms with van der Waals surface area (Å²) in [4.78, 5) is 24.9. The number of rotatable bonds is 4. The van der Waals surface area contributed by atoms with Gasteiger partial charge in [-0.05, 0) is 23.8 Å². The average molecular weight is 433 g/mol. The van der Waals surface area contributed by atoms with Crippen LogP contribution < -0.4 is 5.32 Å². The third-order valence-electron chi connectivity index (χ3n) is 3.31. The molecule has 0 saturated heterocycles. The molecule has 1 aromatic heterocycles. The van der Waals surface area contributed by atoms with E-state index < -0.39 is 5.97 Å². The Bertz CT molecular complexity index is 1030. The second kappa shape index (κ2) is 10.4. The van der Waals surface area contributed by atoms with E-state index in [2.05, 4.69) is 15.4 Å². The number of halogens is 2. The lowest BCUT2D eigenvalue weighted by Gasteiger charge is -2.01. The number of carboxylic acid groups (broad SMARTS) is 1. The van der Waals surface area contributed by atoms with Crippen molar-refractivity contribution in [3.05, 3.63) is 70.3 Å². The maximum atomic E-state index is 11.4. The molecule has 0 aliphatic rings. The Kier molecular flexibility index (Phi) is 7.94. The molecule has 2 aromatic carbocycles.